The Balaban J connectivity index is 1.72. The van der Waals surface area contributed by atoms with Crippen molar-refractivity contribution in [3.8, 4) is 0 Å². The Labute approximate surface area is 118 Å². The second kappa shape index (κ2) is 5.24. The number of amidine groups is 1. The van der Waals surface area contributed by atoms with Gasteiger partial charge in [0, 0.05) is 0 Å². The molecule has 0 aromatic heterocycles. The van der Waals surface area contributed by atoms with E-state index in [2.05, 4.69) is 10.5 Å². The van der Waals surface area contributed by atoms with Crippen molar-refractivity contribution < 1.29 is 14.7 Å². The van der Waals surface area contributed by atoms with Crippen molar-refractivity contribution in [2.75, 3.05) is 0 Å². The molecule has 0 aromatic rings. The standard InChI is InChI=1S/C14H23N3O3/c15-12(17-19)14(6-2-1-3-7-14)13(18)16-10-8-9-4-5-11(10)20-9/h9-11,19H,1-8H2,(H2,15,17)(H,16,18). The molecule has 6 nitrogen and oxygen atoms in total. The fourth-order valence-electron chi connectivity index (χ4n) is 3.95. The highest BCUT2D eigenvalue weighted by Crippen LogP contribution is 2.39. The number of nitrogens with zero attached hydrogens (tertiary/aromatic N) is 1. The molecule has 2 aliphatic heterocycles. The minimum absolute atomic E-state index is 0.0544. The van der Waals surface area contributed by atoms with Crippen LogP contribution in [0, 0.1) is 5.41 Å². The number of hydrogen-bond acceptors (Lipinski definition) is 4. The first kappa shape index (κ1) is 13.7. The van der Waals surface area contributed by atoms with E-state index in [0.29, 0.717) is 18.9 Å². The zero-order valence-electron chi connectivity index (χ0n) is 11.7. The van der Waals surface area contributed by atoms with E-state index >= 15 is 0 Å². The van der Waals surface area contributed by atoms with Gasteiger partial charge >= 0.3 is 0 Å². The van der Waals surface area contributed by atoms with Gasteiger partial charge in [-0.3, -0.25) is 4.79 Å². The van der Waals surface area contributed by atoms with Crippen molar-refractivity contribution in [1.29, 1.82) is 0 Å². The molecule has 3 aliphatic rings. The van der Waals surface area contributed by atoms with Crippen LogP contribution in [-0.4, -0.2) is 35.2 Å². The SMILES string of the molecule is NC(=NO)C1(C(=O)NC2CC3CCC2O3)CCCCC1. The Hall–Kier alpha value is -1.30. The molecule has 2 heterocycles. The molecule has 112 valence electrons. The van der Waals surface area contributed by atoms with Gasteiger partial charge in [0.15, 0.2) is 5.84 Å². The molecule has 1 saturated carbocycles. The van der Waals surface area contributed by atoms with E-state index in [1.54, 1.807) is 0 Å². The molecule has 20 heavy (non-hydrogen) atoms. The number of ether oxygens (including phenoxy) is 1. The number of carbonyl (C=O) groups excluding carboxylic acids is 1. The summed E-state index contributed by atoms with van der Waals surface area (Å²) in [6.07, 6.45) is 7.77. The van der Waals surface area contributed by atoms with Crippen LogP contribution >= 0.6 is 0 Å². The monoisotopic (exact) mass is 281 g/mol. The highest BCUT2D eigenvalue weighted by Gasteiger charge is 2.47. The number of oxime groups is 1. The summed E-state index contributed by atoms with van der Waals surface area (Å²) in [5.41, 5.74) is 5.02. The molecule has 2 saturated heterocycles. The van der Waals surface area contributed by atoms with Gasteiger partial charge < -0.3 is 21.0 Å². The second-order valence-electron chi connectivity index (χ2n) is 6.32. The van der Waals surface area contributed by atoms with Crippen LogP contribution in [0.4, 0.5) is 0 Å². The summed E-state index contributed by atoms with van der Waals surface area (Å²) in [5, 5.41) is 15.3. The fraction of sp³-hybridized carbons (Fsp3) is 0.857. The Kier molecular flexibility index (Phi) is 3.58. The third-order valence-electron chi connectivity index (χ3n) is 5.16. The van der Waals surface area contributed by atoms with Crippen LogP contribution in [0.2, 0.25) is 0 Å². The largest absolute Gasteiger partial charge is 0.409 e. The Morgan fingerprint density at radius 2 is 2.05 bits per heavy atom. The van der Waals surface area contributed by atoms with Crippen molar-refractivity contribution in [2.24, 2.45) is 16.3 Å². The number of rotatable bonds is 3. The van der Waals surface area contributed by atoms with Gasteiger partial charge in [0.05, 0.1) is 18.2 Å². The Bertz CT molecular complexity index is 418. The lowest BCUT2D eigenvalue weighted by Crippen LogP contribution is -2.54. The number of nitrogens with one attached hydrogen (secondary N) is 1. The first-order chi connectivity index (χ1) is 9.65. The van der Waals surface area contributed by atoms with Crippen LogP contribution in [0.1, 0.15) is 51.4 Å². The number of hydrogen-bond donors (Lipinski definition) is 3. The molecule has 2 bridgehead atoms. The van der Waals surface area contributed by atoms with E-state index in [-0.39, 0.29) is 23.9 Å². The molecular weight excluding hydrogens is 258 g/mol. The third kappa shape index (κ3) is 2.16. The molecule has 6 heteroatoms. The fourth-order valence-corrected chi connectivity index (χ4v) is 3.95. The van der Waals surface area contributed by atoms with Gasteiger partial charge in [-0.25, -0.2) is 0 Å². The maximum atomic E-state index is 12.7. The molecule has 0 radical (unpaired) electrons. The van der Waals surface area contributed by atoms with Crippen LogP contribution in [0.15, 0.2) is 5.16 Å². The summed E-state index contributed by atoms with van der Waals surface area (Å²) in [7, 11) is 0. The van der Waals surface area contributed by atoms with Crippen LogP contribution in [-0.2, 0) is 9.53 Å². The maximum Gasteiger partial charge on any atom is 0.234 e. The van der Waals surface area contributed by atoms with Crippen molar-refractivity contribution in [1.82, 2.24) is 5.32 Å². The minimum atomic E-state index is -0.825. The minimum Gasteiger partial charge on any atom is -0.409 e. The quantitative estimate of drug-likeness (QED) is 0.312. The van der Waals surface area contributed by atoms with Crippen LogP contribution in [0.25, 0.3) is 0 Å². The Morgan fingerprint density at radius 1 is 1.30 bits per heavy atom. The zero-order valence-corrected chi connectivity index (χ0v) is 11.7. The molecule has 0 aromatic carbocycles. The predicted molar refractivity (Wildman–Crippen MR) is 73.4 cm³/mol. The van der Waals surface area contributed by atoms with Crippen molar-refractivity contribution >= 4 is 11.7 Å². The summed E-state index contributed by atoms with van der Waals surface area (Å²) in [6, 6.07) is 0.0894. The third-order valence-corrected chi connectivity index (χ3v) is 5.16. The maximum absolute atomic E-state index is 12.7. The van der Waals surface area contributed by atoms with Crippen molar-refractivity contribution in [3.05, 3.63) is 0 Å². The predicted octanol–water partition coefficient (Wildman–Crippen LogP) is 1.12. The molecule has 4 N–H and O–H groups in total. The number of fused-ring (bicyclic) bond motifs is 2. The first-order valence-corrected chi connectivity index (χ1v) is 7.60. The lowest BCUT2D eigenvalue weighted by molar-refractivity contribution is -0.130. The van der Waals surface area contributed by atoms with E-state index in [4.69, 9.17) is 15.7 Å². The van der Waals surface area contributed by atoms with Gasteiger partial charge in [0.25, 0.3) is 0 Å². The lowest BCUT2D eigenvalue weighted by atomic mass is 9.72. The van der Waals surface area contributed by atoms with Crippen LogP contribution in [0.5, 0.6) is 0 Å². The topological polar surface area (TPSA) is 96.9 Å². The average molecular weight is 281 g/mol. The van der Waals surface area contributed by atoms with E-state index in [9.17, 15) is 4.79 Å². The van der Waals surface area contributed by atoms with Gasteiger partial charge in [-0.15, -0.1) is 0 Å². The molecule has 3 rings (SSSR count). The summed E-state index contributed by atoms with van der Waals surface area (Å²) >= 11 is 0. The zero-order chi connectivity index (χ0) is 14.2. The summed E-state index contributed by atoms with van der Waals surface area (Å²) < 4.78 is 5.77. The van der Waals surface area contributed by atoms with Crippen LogP contribution < -0.4 is 11.1 Å². The highest BCUT2D eigenvalue weighted by atomic mass is 16.5. The summed E-state index contributed by atoms with van der Waals surface area (Å²) in [4.78, 5) is 12.7. The number of carbonyl (C=O) groups is 1. The van der Waals surface area contributed by atoms with E-state index < -0.39 is 5.41 Å². The van der Waals surface area contributed by atoms with Gasteiger partial charge in [0.2, 0.25) is 5.91 Å². The molecule has 0 spiro atoms. The Morgan fingerprint density at radius 3 is 2.60 bits per heavy atom. The normalized spacial score (nSPS) is 36.0. The average Bonchev–Trinajstić information content (AvgIpc) is 3.09. The van der Waals surface area contributed by atoms with Crippen molar-refractivity contribution in [2.45, 2.75) is 69.6 Å². The second-order valence-corrected chi connectivity index (χ2v) is 6.32. The molecule has 3 fully saturated rings. The molecule has 1 aliphatic carbocycles. The smallest absolute Gasteiger partial charge is 0.234 e. The van der Waals surface area contributed by atoms with Crippen LogP contribution in [0.3, 0.4) is 0 Å². The lowest BCUT2D eigenvalue weighted by Gasteiger charge is -2.36. The first-order valence-electron chi connectivity index (χ1n) is 7.60. The van der Waals surface area contributed by atoms with Gasteiger partial charge in [-0.2, -0.15) is 0 Å². The van der Waals surface area contributed by atoms with E-state index in [0.717, 1.165) is 38.5 Å². The van der Waals surface area contributed by atoms with E-state index in [1.165, 1.54) is 0 Å². The van der Waals surface area contributed by atoms with Gasteiger partial charge in [-0.1, -0.05) is 24.4 Å². The molecular formula is C14H23N3O3. The molecule has 3 atom stereocenters. The summed E-state index contributed by atoms with van der Waals surface area (Å²) in [5.74, 6) is -0.0348. The van der Waals surface area contributed by atoms with E-state index in [1.807, 2.05) is 0 Å². The number of nitrogens with two attached hydrogens (primary N) is 1. The van der Waals surface area contributed by atoms with Crippen molar-refractivity contribution in [3.63, 3.8) is 0 Å². The van der Waals surface area contributed by atoms with Gasteiger partial charge in [-0.05, 0) is 32.1 Å². The van der Waals surface area contributed by atoms with Gasteiger partial charge in [0.1, 0.15) is 5.41 Å². The highest BCUT2D eigenvalue weighted by molar-refractivity contribution is 6.06. The number of amides is 1. The molecule has 1 amide bonds. The molecule has 3 unspecified atom stereocenters. The summed E-state index contributed by atoms with van der Waals surface area (Å²) in [6.45, 7) is 0.